The van der Waals surface area contributed by atoms with E-state index in [-0.39, 0.29) is 5.92 Å². The number of benzene rings is 1. The van der Waals surface area contributed by atoms with Crippen LogP contribution in [0.15, 0.2) is 24.3 Å². The van der Waals surface area contributed by atoms with E-state index in [4.69, 9.17) is 0 Å². The Labute approximate surface area is 116 Å². The van der Waals surface area contributed by atoms with Crippen LogP contribution in [0.4, 0.5) is 0 Å². The van der Waals surface area contributed by atoms with Gasteiger partial charge in [-0.3, -0.25) is 4.79 Å². The Hall–Kier alpha value is -1.11. The van der Waals surface area contributed by atoms with Gasteiger partial charge in [0.15, 0.2) is 0 Å². The molecule has 2 aliphatic rings. The second-order valence-corrected chi connectivity index (χ2v) is 6.34. The SMILES string of the molecule is CCC1CCCCC1C(=O)C1Cc2ccccc2C1. The highest BCUT2D eigenvalue weighted by Crippen LogP contribution is 2.37. The zero-order chi connectivity index (χ0) is 13.2. The van der Waals surface area contributed by atoms with E-state index in [9.17, 15) is 4.79 Å². The van der Waals surface area contributed by atoms with Gasteiger partial charge in [-0.05, 0) is 42.7 Å². The third-order valence-corrected chi connectivity index (χ3v) is 5.25. The molecule has 19 heavy (non-hydrogen) atoms. The summed E-state index contributed by atoms with van der Waals surface area (Å²) in [5.74, 6) is 1.86. The molecule has 0 radical (unpaired) electrons. The van der Waals surface area contributed by atoms with E-state index in [1.807, 2.05) is 0 Å². The molecule has 0 heterocycles. The molecule has 1 heteroatoms. The number of hydrogen-bond donors (Lipinski definition) is 0. The minimum Gasteiger partial charge on any atom is -0.299 e. The number of carbonyl (C=O) groups excluding carboxylic acids is 1. The van der Waals surface area contributed by atoms with Gasteiger partial charge >= 0.3 is 0 Å². The third-order valence-electron chi connectivity index (χ3n) is 5.25. The molecular weight excluding hydrogens is 232 g/mol. The first-order valence-corrected chi connectivity index (χ1v) is 7.90. The van der Waals surface area contributed by atoms with Gasteiger partial charge in [0, 0.05) is 11.8 Å². The van der Waals surface area contributed by atoms with Gasteiger partial charge in [0.2, 0.25) is 0 Å². The number of hydrogen-bond acceptors (Lipinski definition) is 1. The van der Waals surface area contributed by atoms with E-state index >= 15 is 0 Å². The monoisotopic (exact) mass is 256 g/mol. The summed E-state index contributed by atoms with van der Waals surface area (Å²) in [6.45, 7) is 2.25. The van der Waals surface area contributed by atoms with Crippen LogP contribution < -0.4 is 0 Å². The van der Waals surface area contributed by atoms with Gasteiger partial charge in [-0.25, -0.2) is 0 Å². The van der Waals surface area contributed by atoms with Crippen molar-refractivity contribution in [3.8, 4) is 0 Å². The summed E-state index contributed by atoms with van der Waals surface area (Å²) in [5.41, 5.74) is 2.81. The maximum absolute atomic E-state index is 12.8. The van der Waals surface area contributed by atoms with Crippen molar-refractivity contribution in [2.75, 3.05) is 0 Å². The highest BCUT2D eigenvalue weighted by atomic mass is 16.1. The maximum Gasteiger partial charge on any atom is 0.139 e. The number of Topliss-reactive ketones (excluding diaryl/α,β-unsaturated/α-hetero) is 1. The molecule has 0 amide bonds. The van der Waals surface area contributed by atoms with Crippen LogP contribution in [0.3, 0.4) is 0 Å². The van der Waals surface area contributed by atoms with Crippen molar-refractivity contribution in [2.45, 2.75) is 51.9 Å². The highest BCUT2D eigenvalue weighted by molar-refractivity contribution is 5.85. The van der Waals surface area contributed by atoms with Gasteiger partial charge in [-0.2, -0.15) is 0 Å². The van der Waals surface area contributed by atoms with Crippen molar-refractivity contribution < 1.29 is 4.79 Å². The first-order valence-electron chi connectivity index (χ1n) is 7.90. The van der Waals surface area contributed by atoms with E-state index < -0.39 is 0 Å². The van der Waals surface area contributed by atoms with E-state index in [0.717, 1.165) is 19.3 Å². The number of carbonyl (C=O) groups is 1. The second-order valence-electron chi connectivity index (χ2n) is 6.34. The Morgan fingerprint density at radius 2 is 1.74 bits per heavy atom. The third kappa shape index (κ3) is 2.48. The van der Waals surface area contributed by atoms with Crippen LogP contribution in [0.25, 0.3) is 0 Å². The first-order chi connectivity index (χ1) is 9.29. The molecule has 0 spiro atoms. The van der Waals surface area contributed by atoms with Crippen LogP contribution in [0.2, 0.25) is 0 Å². The molecule has 0 N–H and O–H groups in total. The Morgan fingerprint density at radius 1 is 1.11 bits per heavy atom. The molecule has 0 bridgehead atoms. The summed E-state index contributed by atoms with van der Waals surface area (Å²) in [4.78, 5) is 12.8. The average molecular weight is 256 g/mol. The minimum absolute atomic E-state index is 0.273. The van der Waals surface area contributed by atoms with Crippen LogP contribution in [-0.4, -0.2) is 5.78 Å². The molecule has 3 rings (SSSR count). The van der Waals surface area contributed by atoms with Crippen LogP contribution >= 0.6 is 0 Å². The summed E-state index contributed by atoms with van der Waals surface area (Å²) in [7, 11) is 0. The summed E-state index contributed by atoms with van der Waals surface area (Å²) in [6.07, 6.45) is 8.15. The highest BCUT2D eigenvalue weighted by Gasteiger charge is 2.36. The van der Waals surface area contributed by atoms with Crippen molar-refractivity contribution >= 4 is 5.78 Å². The summed E-state index contributed by atoms with van der Waals surface area (Å²) in [5, 5.41) is 0. The van der Waals surface area contributed by atoms with Crippen LogP contribution in [0.1, 0.15) is 50.2 Å². The zero-order valence-corrected chi connectivity index (χ0v) is 11.9. The van der Waals surface area contributed by atoms with Crippen molar-refractivity contribution in [3.05, 3.63) is 35.4 Å². The van der Waals surface area contributed by atoms with Gasteiger partial charge in [-0.15, -0.1) is 0 Å². The van der Waals surface area contributed by atoms with E-state index in [2.05, 4.69) is 31.2 Å². The predicted octanol–water partition coefficient (Wildman–Crippen LogP) is 4.19. The van der Waals surface area contributed by atoms with Crippen molar-refractivity contribution in [3.63, 3.8) is 0 Å². The standard InChI is InChI=1S/C18H24O/c1-2-13-7-5-6-10-17(13)18(19)16-11-14-8-3-4-9-15(14)12-16/h3-4,8-9,13,16-17H,2,5-7,10-12H2,1H3. The molecule has 1 nitrogen and oxygen atoms in total. The molecule has 0 aromatic heterocycles. The van der Waals surface area contributed by atoms with Gasteiger partial charge in [0.05, 0.1) is 0 Å². The van der Waals surface area contributed by atoms with Gasteiger partial charge in [0.1, 0.15) is 5.78 Å². The normalized spacial score (nSPS) is 27.2. The average Bonchev–Trinajstić information content (AvgIpc) is 2.90. The van der Waals surface area contributed by atoms with Gasteiger partial charge in [0.25, 0.3) is 0 Å². The van der Waals surface area contributed by atoms with E-state index in [1.54, 1.807) is 0 Å². The molecule has 2 atom stereocenters. The largest absolute Gasteiger partial charge is 0.299 e. The molecule has 1 aromatic carbocycles. The van der Waals surface area contributed by atoms with Gasteiger partial charge < -0.3 is 0 Å². The summed E-state index contributed by atoms with van der Waals surface area (Å²) < 4.78 is 0. The molecule has 2 aliphatic carbocycles. The number of rotatable bonds is 3. The Morgan fingerprint density at radius 3 is 2.37 bits per heavy atom. The summed E-state index contributed by atoms with van der Waals surface area (Å²) >= 11 is 0. The fourth-order valence-electron chi connectivity index (χ4n) is 4.13. The quantitative estimate of drug-likeness (QED) is 0.792. The second kappa shape index (κ2) is 5.48. The number of fused-ring (bicyclic) bond motifs is 1. The Balaban J connectivity index is 1.72. The van der Waals surface area contributed by atoms with E-state index in [0.29, 0.717) is 17.6 Å². The molecule has 102 valence electrons. The fourth-order valence-corrected chi connectivity index (χ4v) is 4.13. The number of ketones is 1. The Kier molecular flexibility index (Phi) is 3.72. The lowest BCUT2D eigenvalue weighted by atomic mass is 9.72. The van der Waals surface area contributed by atoms with Crippen molar-refractivity contribution in [2.24, 2.45) is 17.8 Å². The lowest BCUT2D eigenvalue weighted by Crippen LogP contribution is -2.32. The van der Waals surface area contributed by atoms with Crippen LogP contribution in [-0.2, 0) is 17.6 Å². The maximum atomic E-state index is 12.8. The fraction of sp³-hybridized carbons (Fsp3) is 0.611. The molecular formula is C18H24O. The smallest absolute Gasteiger partial charge is 0.139 e. The first kappa shape index (κ1) is 12.9. The molecule has 0 aliphatic heterocycles. The van der Waals surface area contributed by atoms with Crippen molar-refractivity contribution in [1.82, 2.24) is 0 Å². The van der Waals surface area contributed by atoms with Crippen molar-refractivity contribution in [1.29, 1.82) is 0 Å². The van der Waals surface area contributed by atoms with Crippen LogP contribution in [0.5, 0.6) is 0 Å². The molecule has 0 saturated heterocycles. The Bertz CT molecular complexity index is 438. The molecule has 1 saturated carbocycles. The molecule has 1 aromatic rings. The summed E-state index contributed by atoms with van der Waals surface area (Å²) in [6, 6.07) is 8.59. The topological polar surface area (TPSA) is 17.1 Å². The molecule has 1 fully saturated rings. The van der Waals surface area contributed by atoms with Crippen LogP contribution in [0, 0.1) is 17.8 Å². The minimum atomic E-state index is 0.273. The predicted molar refractivity (Wildman–Crippen MR) is 78.1 cm³/mol. The van der Waals surface area contributed by atoms with Gasteiger partial charge in [-0.1, -0.05) is 50.5 Å². The lowest BCUT2D eigenvalue weighted by Gasteiger charge is -2.31. The molecule has 2 unspecified atom stereocenters. The van der Waals surface area contributed by atoms with E-state index in [1.165, 1.54) is 36.8 Å². The zero-order valence-electron chi connectivity index (χ0n) is 11.9. The lowest BCUT2D eigenvalue weighted by molar-refractivity contribution is -0.129.